The van der Waals surface area contributed by atoms with Crippen LogP contribution in [0, 0.1) is 0 Å². The van der Waals surface area contributed by atoms with Crippen molar-refractivity contribution in [1.82, 2.24) is 14.5 Å². The van der Waals surface area contributed by atoms with Crippen LogP contribution in [0.15, 0.2) is 36.7 Å². The lowest BCUT2D eigenvalue weighted by atomic mass is 9.97. The predicted molar refractivity (Wildman–Crippen MR) is 111 cm³/mol. The summed E-state index contributed by atoms with van der Waals surface area (Å²) in [7, 11) is 2.29. The Bertz CT molecular complexity index is 1110. The van der Waals surface area contributed by atoms with Gasteiger partial charge in [-0.1, -0.05) is 11.6 Å². The van der Waals surface area contributed by atoms with Crippen LogP contribution in [-0.2, 0) is 12.8 Å². The maximum absolute atomic E-state index is 6.40. The Morgan fingerprint density at radius 3 is 3.04 bits per heavy atom. The Morgan fingerprint density at radius 2 is 2.11 bits per heavy atom. The van der Waals surface area contributed by atoms with Crippen molar-refractivity contribution in [2.24, 2.45) is 0 Å². The Labute approximate surface area is 164 Å². The molecule has 0 spiro atoms. The van der Waals surface area contributed by atoms with E-state index in [9.17, 15) is 0 Å². The lowest BCUT2D eigenvalue weighted by Crippen LogP contribution is -2.34. The summed E-state index contributed by atoms with van der Waals surface area (Å²) in [5.41, 5.74) is 8.46. The summed E-state index contributed by atoms with van der Waals surface area (Å²) >= 11 is 6.40. The highest BCUT2D eigenvalue weighted by Crippen LogP contribution is 2.47. The third-order valence-corrected chi connectivity index (χ3v) is 7.15. The Morgan fingerprint density at radius 1 is 1.19 bits per heavy atom. The van der Waals surface area contributed by atoms with Gasteiger partial charge in [-0.15, -0.1) is 0 Å². The highest BCUT2D eigenvalue weighted by Gasteiger charge is 2.40. The van der Waals surface area contributed by atoms with Crippen LogP contribution in [-0.4, -0.2) is 27.5 Å². The Kier molecular flexibility index (Phi) is 3.36. The second-order valence-corrected chi connectivity index (χ2v) is 8.63. The van der Waals surface area contributed by atoms with Gasteiger partial charge in [0.1, 0.15) is 0 Å². The summed E-state index contributed by atoms with van der Waals surface area (Å²) in [4.78, 5) is 6.88. The van der Waals surface area contributed by atoms with Crippen LogP contribution >= 0.6 is 11.6 Å². The molecule has 4 heterocycles. The third-order valence-electron chi connectivity index (χ3n) is 6.91. The van der Waals surface area contributed by atoms with Crippen molar-refractivity contribution >= 4 is 34.3 Å². The molecule has 0 radical (unpaired) electrons. The second kappa shape index (κ2) is 5.70. The molecular weight excluding hydrogens is 354 g/mol. The zero-order valence-electron chi connectivity index (χ0n) is 15.5. The van der Waals surface area contributed by atoms with Crippen molar-refractivity contribution in [3.8, 4) is 0 Å². The van der Waals surface area contributed by atoms with Gasteiger partial charge in [0.05, 0.1) is 5.52 Å². The van der Waals surface area contributed by atoms with Crippen molar-refractivity contribution in [2.45, 2.75) is 44.2 Å². The standard InChI is InChI=1S/C23H22ClN3/c1-26-17-5-7-21(26)23-19-10-16(24)4-6-20(19)27(22(23)11-17)13-15-3-2-14-12-25-9-8-18(14)15/h4,6,8-10,12-13,17,21H,2-3,5,7,11H2,1H3. The first kappa shape index (κ1) is 15.9. The molecule has 2 aliphatic heterocycles. The van der Waals surface area contributed by atoms with Gasteiger partial charge >= 0.3 is 0 Å². The lowest BCUT2D eigenvalue weighted by Gasteiger charge is -2.32. The molecule has 6 rings (SSSR count). The van der Waals surface area contributed by atoms with E-state index in [4.69, 9.17) is 11.6 Å². The quantitative estimate of drug-likeness (QED) is 0.573. The van der Waals surface area contributed by atoms with E-state index < -0.39 is 0 Å². The highest BCUT2D eigenvalue weighted by molar-refractivity contribution is 6.31. The molecule has 27 heavy (non-hydrogen) atoms. The zero-order valence-corrected chi connectivity index (χ0v) is 16.2. The number of halogens is 1. The lowest BCUT2D eigenvalue weighted by molar-refractivity contribution is 0.223. The number of hydrogen-bond donors (Lipinski definition) is 0. The Hall–Kier alpha value is -2.10. The monoisotopic (exact) mass is 375 g/mol. The first-order valence-corrected chi connectivity index (χ1v) is 10.3. The molecular formula is C23H22ClN3. The molecule has 3 nitrogen and oxygen atoms in total. The minimum absolute atomic E-state index is 0.527. The molecule has 0 saturated carbocycles. The molecule has 2 bridgehead atoms. The van der Waals surface area contributed by atoms with E-state index in [0.29, 0.717) is 12.1 Å². The Balaban J connectivity index is 1.61. The van der Waals surface area contributed by atoms with E-state index in [1.165, 1.54) is 51.7 Å². The summed E-state index contributed by atoms with van der Waals surface area (Å²) in [5.74, 6) is 0. The molecule has 136 valence electrons. The van der Waals surface area contributed by atoms with Gasteiger partial charge in [0.15, 0.2) is 0 Å². The molecule has 3 aliphatic rings. The van der Waals surface area contributed by atoms with Crippen molar-refractivity contribution in [2.75, 3.05) is 7.05 Å². The fraction of sp³-hybridized carbons (Fsp3) is 0.348. The maximum Gasteiger partial charge on any atom is 0.0529 e. The summed E-state index contributed by atoms with van der Waals surface area (Å²) in [6, 6.07) is 9.76. The molecule has 1 saturated heterocycles. The molecule has 1 aromatic carbocycles. The van der Waals surface area contributed by atoms with Crippen LogP contribution in [0.4, 0.5) is 0 Å². The van der Waals surface area contributed by atoms with E-state index >= 15 is 0 Å². The molecule has 0 amide bonds. The fourth-order valence-electron chi connectivity index (χ4n) is 5.56. The van der Waals surface area contributed by atoms with E-state index in [0.717, 1.165) is 24.3 Å². The van der Waals surface area contributed by atoms with E-state index in [1.807, 2.05) is 18.5 Å². The molecule has 1 fully saturated rings. The molecule has 4 heteroatoms. The fourth-order valence-corrected chi connectivity index (χ4v) is 5.73. The first-order chi connectivity index (χ1) is 13.2. The van der Waals surface area contributed by atoms with E-state index in [2.05, 4.69) is 45.9 Å². The predicted octanol–water partition coefficient (Wildman–Crippen LogP) is 5.33. The molecule has 2 aromatic heterocycles. The summed E-state index contributed by atoms with van der Waals surface area (Å²) in [5, 5.41) is 2.16. The van der Waals surface area contributed by atoms with Gasteiger partial charge in [-0.05, 0) is 79.3 Å². The smallest absolute Gasteiger partial charge is 0.0529 e. The van der Waals surface area contributed by atoms with Crippen LogP contribution < -0.4 is 0 Å². The number of nitrogens with zero attached hydrogens (tertiary/aromatic N) is 3. The number of pyridine rings is 1. The second-order valence-electron chi connectivity index (χ2n) is 8.20. The van der Waals surface area contributed by atoms with Gasteiger partial charge in [0.2, 0.25) is 0 Å². The summed E-state index contributed by atoms with van der Waals surface area (Å²) < 4.78 is 2.48. The van der Waals surface area contributed by atoms with Crippen molar-refractivity contribution in [3.63, 3.8) is 0 Å². The maximum atomic E-state index is 6.40. The molecule has 3 aromatic rings. The van der Waals surface area contributed by atoms with Gasteiger partial charge < -0.3 is 4.57 Å². The van der Waals surface area contributed by atoms with Crippen molar-refractivity contribution < 1.29 is 0 Å². The van der Waals surface area contributed by atoms with Gasteiger partial charge in [0, 0.05) is 53.2 Å². The number of aromatic nitrogens is 2. The normalized spacial score (nSPS) is 25.3. The third kappa shape index (κ3) is 2.22. The van der Waals surface area contributed by atoms with Crippen LogP contribution in [0.5, 0.6) is 0 Å². The average Bonchev–Trinajstić information content (AvgIpc) is 3.28. The van der Waals surface area contributed by atoms with Gasteiger partial charge in [0.25, 0.3) is 0 Å². The molecule has 2 unspecified atom stereocenters. The molecule has 0 N–H and O–H groups in total. The van der Waals surface area contributed by atoms with Gasteiger partial charge in [-0.2, -0.15) is 0 Å². The number of likely N-dealkylation sites (N-methyl/N-ethyl adjacent to an activating group) is 1. The summed E-state index contributed by atoms with van der Waals surface area (Å²) in [6.45, 7) is 0. The zero-order chi connectivity index (χ0) is 18.1. The van der Waals surface area contributed by atoms with Crippen LogP contribution in [0.2, 0.25) is 5.02 Å². The van der Waals surface area contributed by atoms with Crippen molar-refractivity contribution in [1.29, 1.82) is 0 Å². The minimum atomic E-state index is 0.527. The topological polar surface area (TPSA) is 21.1 Å². The number of rotatable bonds is 1. The number of aryl methyl sites for hydroxylation is 1. The number of benzene rings is 1. The minimum Gasteiger partial charge on any atom is -0.320 e. The highest BCUT2D eigenvalue weighted by atomic mass is 35.5. The number of hydrogen-bond acceptors (Lipinski definition) is 2. The SMILES string of the molecule is CN1C2CCC1c1c(n(C=C3CCc4cnccc43)c3ccc(Cl)cc13)C2. The van der Waals surface area contributed by atoms with Gasteiger partial charge in [-0.25, -0.2) is 0 Å². The largest absolute Gasteiger partial charge is 0.320 e. The van der Waals surface area contributed by atoms with Crippen LogP contribution in [0.3, 0.4) is 0 Å². The summed E-state index contributed by atoms with van der Waals surface area (Å²) in [6.07, 6.45) is 12.2. The van der Waals surface area contributed by atoms with Crippen molar-refractivity contribution in [3.05, 3.63) is 64.1 Å². The van der Waals surface area contributed by atoms with E-state index in [1.54, 1.807) is 0 Å². The number of allylic oxidation sites excluding steroid dienone is 1. The number of fused-ring (bicyclic) bond motifs is 7. The van der Waals surface area contributed by atoms with Crippen LogP contribution in [0.1, 0.15) is 47.7 Å². The van der Waals surface area contributed by atoms with E-state index in [-0.39, 0.29) is 0 Å². The molecule has 2 atom stereocenters. The van der Waals surface area contributed by atoms with Gasteiger partial charge in [-0.3, -0.25) is 9.88 Å². The average molecular weight is 376 g/mol. The van der Waals surface area contributed by atoms with Crippen LogP contribution in [0.25, 0.3) is 22.7 Å². The molecule has 1 aliphatic carbocycles. The first-order valence-electron chi connectivity index (χ1n) is 9.89.